The average molecular weight is 317 g/mol. The molecule has 0 atom stereocenters. The van der Waals surface area contributed by atoms with E-state index in [0.717, 1.165) is 5.69 Å². The van der Waals surface area contributed by atoms with Crippen molar-refractivity contribution in [1.82, 2.24) is 15.0 Å². The van der Waals surface area contributed by atoms with E-state index in [-0.39, 0.29) is 0 Å². The largest absolute Gasteiger partial charge is 0.339 e. The zero-order valence-electron chi connectivity index (χ0n) is 12.8. The van der Waals surface area contributed by atoms with E-state index in [1.165, 1.54) is 0 Å². The molecule has 0 bridgehead atoms. The number of pyridine rings is 3. The summed E-state index contributed by atoms with van der Waals surface area (Å²) in [6.07, 6.45) is 6.78. The first kappa shape index (κ1) is 15.3. The van der Waals surface area contributed by atoms with Crippen molar-refractivity contribution in [3.63, 3.8) is 0 Å². The first-order valence-corrected chi connectivity index (χ1v) is 7.21. The lowest BCUT2D eigenvalue weighted by molar-refractivity contribution is 1.11. The quantitative estimate of drug-likeness (QED) is 0.528. The van der Waals surface area contributed by atoms with Gasteiger partial charge in [-0.05, 0) is 36.4 Å². The second kappa shape index (κ2) is 7.59. The second-order valence-corrected chi connectivity index (χ2v) is 4.77. The maximum absolute atomic E-state index is 4.29. The Labute approximate surface area is 139 Å². The summed E-state index contributed by atoms with van der Waals surface area (Å²) in [7, 11) is 0. The van der Waals surface area contributed by atoms with Crippen LogP contribution in [0, 0.1) is 0 Å². The van der Waals surface area contributed by atoms with Gasteiger partial charge in [-0.25, -0.2) is 4.98 Å². The number of hydrogen-bond donors (Lipinski definition) is 2. The molecule has 0 spiro atoms. The molecular formula is C17H15N7. The van der Waals surface area contributed by atoms with Gasteiger partial charge in [0.15, 0.2) is 0 Å². The summed E-state index contributed by atoms with van der Waals surface area (Å²) in [5, 5.41) is 11.0. The molecule has 3 aromatic heterocycles. The SMILES string of the molecule is C=C(N=NNc1ccc(Nc2cccnc2)nc1)c1ccccn1. The Morgan fingerprint density at radius 3 is 2.58 bits per heavy atom. The summed E-state index contributed by atoms with van der Waals surface area (Å²) in [4.78, 5) is 12.5. The lowest BCUT2D eigenvalue weighted by Crippen LogP contribution is -1.95. The van der Waals surface area contributed by atoms with Gasteiger partial charge in [-0.15, -0.1) is 5.11 Å². The molecule has 0 unspecified atom stereocenters. The minimum Gasteiger partial charge on any atom is -0.339 e. The van der Waals surface area contributed by atoms with Crippen LogP contribution in [0.3, 0.4) is 0 Å². The molecular weight excluding hydrogens is 302 g/mol. The molecule has 0 aromatic carbocycles. The zero-order valence-corrected chi connectivity index (χ0v) is 12.8. The van der Waals surface area contributed by atoms with E-state index in [0.29, 0.717) is 22.9 Å². The molecule has 0 radical (unpaired) electrons. The Morgan fingerprint density at radius 1 is 0.917 bits per heavy atom. The maximum atomic E-state index is 4.29. The van der Waals surface area contributed by atoms with E-state index < -0.39 is 0 Å². The molecule has 3 rings (SSSR count). The first-order valence-electron chi connectivity index (χ1n) is 7.21. The Kier molecular flexibility index (Phi) is 4.84. The van der Waals surface area contributed by atoms with Gasteiger partial charge in [-0.1, -0.05) is 17.9 Å². The number of anilines is 3. The van der Waals surface area contributed by atoms with Crippen molar-refractivity contribution in [2.45, 2.75) is 0 Å². The summed E-state index contributed by atoms with van der Waals surface area (Å²) in [6, 6.07) is 13.0. The Hall–Kier alpha value is -3.61. The van der Waals surface area contributed by atoms with Crippen LogP contribution < -0.4 is 10.7 Å². The molecule has 0 saturated carbocycles. The van der Waals surface area contributed by atoms with Crippen molar-refractivity contribution < 1.29 is 0 Å². The highest BCUT2D eigenvalue weighted by molar-refractivity contribution is 5.58. The fourth-order valence-electron chi connectivity index (χ4n) is 1.85. The van der Waals surface area contributed by atoms with Crippen molar-refractivity contribution in [2.24, 2.45) is 10.3 Å². The van der Waals surface area contributed by atoms with Crippen molar-refractivity contribution >= 4 is 22.9 Å². The molecule has 0 amide bonds. The van der Waals surface area contributed by atoms with Crippen LogP contribution >= 0.6 is 0 Å². The normalized spacial score (nSPS) is 10.5. The molecule has 0 aliphatic rings. The monoisotopic (exact) mass is 317 g/mol. The molecule has 24 heavy (non-hydrogen) atoms. The topological polar surface area (TPSA) is 87.5 Å². The summed E-state index contributed by atoms with van der Waals surface area (Å²) >= 11 is 0. The van der Waals surface area contributed by atoms with E-state index in [1.807, 2.05) is 42.5 Å². The van der Waals surface area contributed by atoms with E-state index in [1.54, 1.807) is 24.8 Å². The molecule has 0 saturated heterocycles. The lowest BCUT2D eigenvalue weighted by Gasteiger charge is -2.05. The van der Waals surface area contributed by atoms with Crippen LogP contribution in [0.4, 0.5) is 17.2 Å². The molecule has 7 nitrogen and oxygen atoms in total. The van der Waals surface area contributed by atoms with Crippen LogP contribution in [0.1, 0.15) is 5.69 Å². The van der Waals surface area contributed by atoms with Gasteiger partial charge in [0.25, 0.3) is 0 Å². The summed E-state index contributed by atoms with van der Waals surface area (Å²) in [5.41, 5.74) is 5.54. The third-order valence-electron chi connectivity index (χ3n) is 3.01. The highest BCUT2D eigenvalue weighted by Gasteiger charge is 1.98. The van der Waals surface area contributed by atoms with Crippen LogP contribution in [-0.2, 0) is 0 Å². The standard InChI is InChI=1S/C17H15N7/c1-13(16-6-2-3-10-19-16)22-24-23-15-7-8-17(20-12-15)21-14-5-4-9-18-11-14/h2-12H,1H2,(H,20,21)(H,22,23). The van der Waals surface area contributed by atoms with Crippen molar-refractivity contribution in [3.05, 3.63) is 79.5 Å². The van der Waals surface area contributed by atoms with Gasteiger partial charge in [0, 0.05) is 12.4 Å². The summed E-state index contributed by atoms with van der Waals surface area (Å²) in [6.45, 7) is 3.82. The average Bonchev–Trinajstić information content (AvgIpc) is 2.65. The number of rotatable bonds is 6. The van der Waals surface area contributed by atoms with Crippen LogP contribution in [-0.4, -0.2) is 15.0 Å². The van der Waals surface area contributed by atoms with Crippen LogP contribution in [0.25, 0.3) is 5.70 Å². The number of nitrogens with one attached hydrogen (secondary N) is 2. The summed E-state index contributed by atoms with van der Waals surface area (Å²) < 4.78 is 0. The van der Waals surface area contributed by atoms with Gasteiger partial charge >= 0.3 is 0 Å². The van der Waals surface area contributed by atoms with Gasteiger partial charge in [-0.2, -0.15) is 0 Å². The van der Waals surface area contributed by atoms with E-state index >= 15 is 0 Å². The Morgan fingerprint density at radius 2 is 1.88 bits per heavy atom. The Balaban J connectivity index is 1.56. The molecule has 0 aliphatic heterocycles. The van der Waals surface area contributed by atoms with Crippen LogP contribution in [0.15, 0.2) is 84.2 Å². The van der Waals surface area contributed by atoms with Crippen molar-refractivity contribution in [3.8, 4) is 0 Å². The smallest absolute Gasteiger partial charge is 0.130 e. The molecule has 2 N–H and O–H groups in total. The zero-order chi connectivity index (χ0) is 16.6. The third-order valence-corrected chi connectivity index (χ3v) is 3.01. The fraction of sp³-hybridized carbons (Fsp3) is 0. The van der Waals surface area contributed by atoms with Crippen molar-refractivity contribution in [1.29, 1.82) is 0 Å². The fourth-order valence-corrected chi connectivity index (χ4v) is 1.85. The van der Waals surface area contributed by atoms with Gasteiger partial charge < -0.3 is 5.32 Å². The molecule has 0 aliphatic carbocycles. The highest BCUT2D eigenvalue weighted by Crippen LogP contribution is 2.15. The maximum Gasteiger partial charge on any atom is 0.130 e. The predicted octanol–water partition coefficient (Wildman–Crippen LogP) is 4.07. The van der Waals surface area contributed by atoms with Crippen LogP contribution in [0.5, 0.6) is 0 Å². The Bertz CT molecular complexity index is 815. The van der Waals surface area contributed by atoms with E-state index in [4.69, 9.17) is 0 Å². The minimum absolute atomic E-state index is 0.478. The van der Waals surface area contributed by atoms with E-state index in [9.17, 15) is 0 Å². The molecule has 3 aromatic rings. The van der Waals surface area contributed by atoms with Gasteiger partial charge in [0.1, 0.15) is 11.5 Å². The van der Waals surface area contributed by atoms with E-state index in [2.05, 4.69) is 42.6 Å². The summed E-state index contributed by atoms with van der Waals surface area (Å²) in [5.74, 6) is 0.711. The van der Waals surface area contributed by atoms with Gasteiger partial charge in [0.2, 0.25) is 0 Å². The van der Waals surface area contributed by atoms with Gasteiger partial charge in [-0.3, -0.25) is 15.4 Å². The lowest BCUT2D eigenvalue weighted by atomic mass is 10.3. The molecule has 7 heteroatoms. The minimum atomic E-state index is 0.478. The number of hydrogen-bond acceptors (Lipinski definition) is 6. The van der Waals surface area contributed by atoms with Gasteiger partial charge in [0.05, 0.1) is 29.5 Å². The predicted molar refractivity (Wildman–Crippen MR) is 93.5 cm³/mol. The number of aromatic nitrogens is 3. The number of nitrogens with zero attached hydrogens (tertiary/aromatic N) is 5. The third kappa shape index (κ3) is 4.20. The van der Waals surface area contributed by atoms with Crippen LogP contribution in [0.2, 0.25) is 0 Å². The molecule has 3 heterocycles. The van der Waals surface area contributed by atoms with Crippen molar-refractivity contribution in [2.75, 3.05) is 10.7 Å². The first-order chi connectivity index (χ1) is 11.8. The second-order valence-electron chi connectivity index (χ2n) is 4.77. The highest BCUT2D eigenvalue weighted by atomic mass is 15.4. The molecule has 0 fully saturated rings. The molecule has 118 valence electrons.